The quantitative estimate of drug-likeness (QED) is 0.825. The van der Waals surface area contributed by atoms with E-state index in [1.165, 1.54) is 6.07 Å². The van der Waals surface area contributed by atoms with Crippen molar-refractivity contribution in [2.45, 2.75) is 25.0 Å². The fraction of sp³-hybridized carbons (Fsp3) is 0.308. The third-order valence-corrected chi connectivity index (χ3v) is 4.00. The zero-order valence-electron chi connectivity index (χ0n) is 11.2. The van der Waals surface area contributed by atoms with Gasteiger partial charge in [-0.3, -0.25) is 4.79 Å². The molecule has 0 bridgehead atoms. The number of aryl methyl sites for hydroxylation is 1. The Labute approximate surface area is 130 Å². The first-order valence-corrected chi connectivity index (χ1v) is 7.58. The number of carboxylic acid groups (broad SMARTS) is 1. The lowest BCUT2D eigenvalue weighted by atomic mass is 10.2. The summed E-state index contributed by atoms with van der Waals surface area (Å²) in [5.41, 5.74) is 0.799. The van der Waals surface area contributed by atoms with Crippen LogP contribution in [0.25, 0.3) is 0 Å². The van der Waals surface area contributed by atoms with Crippen LogP contribution in [0.2, 0.25) is 5.02 Å². The molecule has 0 aliphatic heterocycles. The van der Waals surface area contributed by atoms with Gasteiger partial charge >= 0.3 is 5.97 Å². The van der Waals surface area contributed by atoms with Crippen molar-refractivity contribution < 1.29 is 14.3 Å². The van der Waals surface area contributed by atoms with Crippen LogP contribution in [0.15, 0.2) is 23.4 Å². The van der Waals surface area contributed by atoms with Gasteiger partial charge in [0.05, 0.1) is 17.3 Å². The zero-order valence-corrected chi connectivity index (χ0v) is 12.8. The SMILES string of the molecule is CCc1nnc(SCC(=O)O)n1Cc1ccc(F)c(Cl)c1. The molecule has 1 heterocycles. The number of carboxylic acids is 1. The number of hydrogen-bond donors (Lipinski definition) is 1. The van der Waals surface area contributed by atoms with Crippen molar-refractivity contribution in [1.82, 2.24) is 14.8 Å². The summed E-state index contributed by atoms with van der Waals surface area (Å²) in [6, 6.07) is 4.48. The highest BCUT2D eigenvalue weighted by Crippen LogP contribution is 2.21. The van der Waals surface area contributed by atoms with Crippen molar-refractivity contribution >= 4 is 29.3 Å². The van der Waals surface area contributed by atoms with E-state index in [1.54, 1.807) is 12.1 Å². The smallest absolute Gasteiger partial charge is 0.313 e. The number of benzene rings is 1. The van der Waals surface area contributed by atoms with Gasteiger partial charge in [0, 0.05) is 6.42 Å². The van der Waals surface area contributed by atoms with Crippen molar-refractivity contribution in [2.24, 2.45) is 0 Å². The Morgan fingerprint density at radius 2 is 2.24 bits per heavy atom. The van der Waals surface area contributed by atoms with Gasteiger partial charge in [-0.05, 0) is 17.7 Å². The lowest BCUT2D eigenvalue weighted by Gasteiger charge is -2.09. The van der Waals surface area contributed by atoms with E-state index in [0.717, 1.165) is 23.1 Å². The summed E-state index contributed by atoms with van der Waals surface area (Å²) in [6.45, 7) is 2.35. The molecule has 1 aromatic carbocycles. The Hall–Kier alpha value is -1.60. The van der Waals surface area contributed by atoms with Crippen LogP contribution in [0.4, 0.5) is 4.39 Å². The lowest BCUT2D eigenvalue weighted by molar-refractivity contribution is -0.133. The lowest BCUT2D eigenvalue weighted by Crippen LogP contribution is -2.07. The fourth-order valence-corrected chi connectivity index (χ4v) is 2.67. The largest absolute Gasteiger partial charge is 0.481 e. The van der Waals surface area contributed by atoms with Gasteiger partial charge < -0.3 is 9.67 Å². The van der Waals surface area contributed by atoms with Crippen molar-refractivity contribution in [1.29, 1.82) is 0 Å². The molecule has 112 valence electrons. The van der Waals surface area contributed by atoms with Gasteiger partial charge in [-0.25, -0.2) is 4.39 Å². The van der Waals surface area contributed by atoms with Crippen LogP contribution < -0.4 is 0 Å². The average Bonchev–Trinajstić information content (AvgIpc) is 2.82. The molecule has 0 saturated carbocycles. The number of aromatic nitrogens is 3. The number of aliphatic carboxylic acids is 1. The van der Waals surface area contributed by atoms with Gasteiger partial charge in [0.25, 0.3) is 0 Å². The Balaban J connectivity index is 2.26. The standard InChI is InChI=1S/C13H13ClFN3O2S/c1-2-11-16-17-13(21-7-12(19)20)18(11)6-8-3-4-10(15)9(14)5-8/h3-5H,2,6-7H2,1H3,(H,19,20). The molecule has 1 N–H and O–H groups in total. The summed E-state index contributed by atoms with van der Waals surface area (Å²) in [4.78, 5) is 10.7. The van der Waals surface area contributed by atoms with Crippen LogP contribution in [-0.2, 0) is 17.8 Å². The highest BCUT2D eigenvalue weighted by Gasteiger charge is 2.13. The number of nitrogens with zero attached hydrogens (tertiary/aromatic N) is 3. The molecule has 8 heteroatoms. The van der Waals surface area contributed by atoms with Crippen molar-refractivity contribution in [3.63, 3.8) is 0 Å². The van der Waals surface area contributed by atoms with Crippen molar-refractivity contribution in [3.8, 4) is 0 Å². The fourth-order valence-electron chi connectivity index (χ4n) is 1.79. The van der Waals surface area contributed by atoms with E-state index in [2.05, 4.69) is 10.2 Å². The second-order valence-corrected chi connectivity index (χ2v) is 5.62. The van der Waals surface area contributed by atoms with E-state index in [-0.39, 0.29) is 10.8 Å². The molecule has 0 atom stereocenters. The molecule has 0 aliphatic rings. The second kappa shape index (κ2) is 6.91. The second-order valence-electron chi connectivity index (χ2n) is 4.27. The Bertz CT molecular complexity index is 663. The average molecular weight is 330 g/mol. The van der Waals surface area contributed by atoms with Gasteiger partial charge in [-0.2, -0.15) is 0 Å². The molecule has 0 aliphatic carbocycles. The van der Waals surface area contributed by atoms with Gasteiger partial charge in [0.1, 0.15) is 11.6 Å². The van der Waals surface area contributed by atoms with Crippen LogP contribution in [0.1, 0.15) is 18.3 Å². The number of hydrogen-bond acceptors (Lipinski definition) is 4. The molecule has 0 spiro atoms. The summed E-state index contributed by atoms with van der Waals surface area (Å²) in [7, 11) is 0. The van der Waals surface area contributed by atoms with Gasteiger partial charge in [-0.15, -0.1) is 10.2 Å². The molecular weight excluding hydrogens is 317 g/mol. The first-order valence-electron chi connectivity index (χ1n) is 6.21. The first kappa shape index (κ1) is 15.8. The Kier molecular flexibility index (Phi) is 5.19. The highest BCUT2D eigenvalue weighted by atomic mass is 35.5. The summed E-state index contributed by atoms with van der Waals surface area (Å²) < 4.78 is 15.0. The van der Waals surface area contributed by atoms with Crippen LogP contribution in [0.3, 0.4) is 0 Å². The summed E-state index contributed by atoms with van der Waals surface area (Å²) in [6.07, 6.45) is 0.662. The zero-order chi connectivity index (χ0) is 15.4. The molecule has 2 rings (SSSR count). The summed E-state index contributed by atoms with van der Waals surface area (Å²) in [5.74, 6) is -0.743. The minimum absolute atomic E-state index is 0.0540. The van der Waals surface area contributed by atoms with Crippen LogP contribution in [0, 0.1) is 5.82 Å². The van der Waals surface area contributed by atoms with Gasteiger partial charge in [0.15, 0.2) is 5.16 Å². The number of carbonyl (C=O) groups is 1. The summed E-state index contributed by atoms with van der Waals surface area (Å²) >= 11 is 6.87. The molecule has 21 heavy (non-hydrogen) atoms. The van der Waals surface area contributed by atoms with E-state index in [0.29, 0.717) is 18.1 Å². The molecule has 0 unspecified atom stereocenters. The molecule has 5 nitrogen and oxygen atoms in total. The maximum absolute atomic E-state index is 13.2. The minimum Gasteiger partial charge on any atom is -0.481 e. The van der Waals surface area contributed by atoms with E-state index < -0.39 is 11.8 Å². The predicted octanol–water partition coefficient (Wildman–Crippen LogP) is 2.86. The van der Waals surface area contributed by atoms with Crippen molar-refractivity contribution in [2.75, 3.05) is 5.75 Å². The van der Waals surface area contributed by atoms with Crippen LogP contribution in [0.5, 0.6) is 0 Å². The normalized spacial score (nSPS) is 10.8. The summed E-state index contributed by atoms with van der Waals surface area (Å²) in [5, 5.41) is 17.4. The topological polar surface area (TPSA) is 68.0 Å². The first-order chi connectivity index (χ1) is 10.0. The van der Waals surface area contributed by atoms with Gasteiger partial charge in [0.2, 0.25) is 0 Å². The minimum atomic E-state index is -0.919. The Morgan fingerprint density at radius 1 is 1.48 bits per heavy atom. The van der Waals surface area contributed by atoms with E-state index in [9.17, 15) is 9.18 Å². The molecule has 0 amide bonds. The van der Waals surface area contributed by atoms with Crippen LogP contribution >= 0.6 is 23.4 Å². The van der Waals surface area contributed by atoms with Crippen molar-refractivity contribution in [3.05, 3.63) is 40.4 Å². The Morgan fingerprint density at radius 3 is 2.86 bits per heavy atom. The number of rotatable bonds is 6. The number of halogens is 2. The van der Waals surface area contributed by atoms with E-state index >= 15 is 0 Å². The molecule has 2 aromatic rings. The monoisotopic (exact) mass is 329 g/mol. The van der Waals surface area contributed by atoms with E-state index in [4.69, 9.17) is 16.7 Å². The van der Waals surface area contributed by atoms with E-state index in [1.807, 2.05) is 11.5 Å². The predicted molar refractivity (Wildman–Crippen MR) is 78.3 cm³/mol. The molecule has 0 fully saturated rings. The third kappa shape index (κ3) is 3.95. The molecule has 0 radical (unpaired) electrons. The third-order valence-electron chi connectivity index (χ3n) is 2.76. The molecular formula is C13H13ClFN3O2S. The van der Waals surface area contributed by atoms with Gasteiger partial charge in [-0.1, -0.05) is 36.4 Å². The van der Waals surface area contributed by atoms with Crippen LogP contribution in [-0.4, -0.2) is 31.6 Å². The molecule has 0 saturated heterocycles. The molecule has 1 aromatic heterocycles. The highest BCUT2D eigenvalue weighted by molar-refractivity contribution is 7.99. The maximum atomic E-state index is 13.2. The maximum Gasteiger partial charge on any atom is 0.313 e. The number of thioether (sulfide) groups is 1.